The summed E-state index contributed by atoms with van der Waals surface area (Å²) in [6.45, 7) is -0.0735. The maximum Gasteiger partial charge on any atom is 0.325 e. The van der Waals surface area contributed by atoms with Crippen molar-refractivity contribution >= 4 is 21.9 Å². The monoisotopic (exact) mass is 321 g/mol. The Bertz CT molecular complexity index is 646. The number of carbonyl (C=O) groups excluding carboxylic acids is 1. The Morgan fingerprint density at radius 1 is 1.21 bits per heavy atom. The molecule has 0 saturated carbocycles. The Morgan fingerprint density at radius 2 is 1.89 bits per heavy atom. The molecule has 0 bridgehead atoms. The van der Waals surface area contributed by atoms with Crippen molar-refractivity contribution in [3.63, 3.8) is 0 Å². The lowest BCUT2D eigenvalue weighted by Gasteiger charge is -2.06. The van der Waals surface area contributed by atoms with Gasteiger partial charge in [-0.2, -0.15) is 0 Å². The molecule has 1 aromatic heterocycles. The third-order valence-electron chi connectivity index (χ3n) is 2.70. The average Bonchev–Trinajstić information content (AvgIpc) is 2.41. The first-order valence-corrected chi connectivity index (χ1v) is 6.42. The first-order valence-electron chi connectivity index (χ1n) is 5.63. The molecule has 2 rings (SSSR count). The first kappa shape index (κ1) is 13.5. The number of aromatic nitrogens is 1. The van der Waals surface area contributed by atoms with Gasteiger partial charge < -0.3 is 9.30 Å². The van der Waals surface area contributed by atoms with Gasteiger partial charge in [0.1, 0.15) is 6.54 Å². The summed E-state index contributed by atoms with van der Waals surface area (Å²) in [6.07, 6.45) is 1.59. The third kappa shape index (κ3) is 3.32. The Labute approximate surface area is 118 Å². The quantitative estimate of drug-likeness (QED) is 0.816. The molecule has 0 aliphatic heterocycles. The predicted molar refractivity (Wildman–Crippen MR) is 75.9 cm³/mol. The van der Waals surface area contributed by atoms with Crippen molar-refractivity contribution in [2.75, 3.05) is 7.11 Å². The fourth-order valence-electron chi connectivity index (χ4n) is 1.66. The van der Waals surface area contributed by atoms with Crippen molar-refractivity contribution in [1.29, 1.82) is 0 Å². The van der Waals surface area contributed by atoms with Gasteiger partial charge in [0.15, 0.2) is 0 Å². The van der Waals surface area contributed by atoms with Gasteiger partial charge in [-0.1, -0.05) is 28.1 Å². The number of esters is 1. The molecule has 0 aliphatic rings. The van der Waals surface area contributed by atoms with Gasteiger partial charge in [0.25, 0.3) is 5.56 Å². The lowest BCUT2D eigenvalue weighted by Crippen LogP contribution is -2.23. The van der Waals surface area contributed by atoms with Crippen LogP contribution in [0.5, 0.6) is 0 Å². The van der Waals surface area contributed by atoms with Crippen molar-refractivity contribution in [2.24, 2.45) is 0 Å². The minimum atomic E-state index is -0.446. The van der Waals surface area contributed by atoms with Crippen LogP contribution in [0, 0.1) is 0 Å². The fourth-order valence-corrected chi connectivity index (χ4v) is 1.93. The van der Waals surface area contributed by atoms with Crippen LogP contribution >= 0.6 is 15.9 Å². The molecule has 0 amide bonds. The minimum Gasteiger partial charge on any atom is -0.468 e. The SMILES string of the molecule is COC(=O)Cn1ccc(-c2ccc(Br)cc2)cc1=O. The van der Waals surface area contributed by atoms with Crippen LogP contribution in [0.4, 0.5) is 0 Å². The van der Waals surface area contributed by atoms with Gasteiger partial charge in [-0.05, 0) is 29.3 Å². The smallest absolute Gasteiger partial charge is 0.325 e. The van der Waals surface area contributed by atoms with E-state index in [2.05, 4.69) is 20.7 Å². The van der Waals surface area contributed by atoms with E-state index >= 15 is 0 Å². The van der Waals surface area contributed by atoms with Gasteiger partial charge in [0.05, 0.1) is 7.11 Å². The zero-order valence-corrected chi connectivity index (χ0v) is 11.9. The van der Waals surface area contributed by atoms with Crippen LogP contribution in [0.25, 0.3) is 11.1 Å². The van der Waals surface area contributed by atoms with Crippen molar-refractivity contribution in [3.05, 3.63) is 57.4 Å². The topological polar surface area (TPSA) is 48.3 Å². The highest BCUT2D eigenvalue weighted by molar-refractivity contribution is 9.10. The molecular weight excluding hydrogens is 310 g/mol. The van der Waals surface area contributed by atoms with Crippen molar-refractivity contribution in [1.82, 2.24) is 4.57 Å². The molecule has 0 fully saturated rings. The highest BCUT2D eigenvalue weighted by Crippen LogP contribution is 2.20. The highest BCUT2D eigenvalue weighted by atomic mass is 79.9. The van der Waals surface area contributed by atoms with Crippen molar-refractivity contribution in [2.45, 2.75) is 6.54 Å². The summed E-state index contributed by atoms with van der Waals surface area (Å²) in [6, 6.07) is 11.0. The molecule has 1 heterocycles. The Kier molecular flexibility index (Phi) is 4.16. The van der Waals surface area contributed by atoms with E-state index in [0.29, 0.717) is 0 Å². The van der Waals surface area contributed by atoms with E-state index in [1.54, 1.807) is 12.3 Å². The first-order chi connectivity index (χ1) is 9.10. The van der Waals surface area contributed by atoms with Crippen molar-refractivity contribution < 1.29 is 9.53 Å². The minimum absolute atomic E-state index is 0.0735. The van der Waals surface area contributed by atoms with E-state index in [4.69, 9.17) is 0 Å². The Balaban J connectivity index is 2.31. The highest BCUT2D eigenvalue weighted by Gasteiger charge is 2.05. The summed E-state index contributed by atoms with van der Waals surface area (Å²) >= 11 is 3.36. The number of carbonyl (C=O) groups is 1. The molecule has 0 atom stereocenters. The summed E-state index contributed by atoms with van der Waals surface area (Å²) in [5.41, 5.74) is 1.54. The maximum atomic E-state index is 11.9. The number of pyridine rings is 1. The molecule has 0 aliphatic carbocycles. The standard InChI is InChI=1S/C14H12BrNO3/c1-19-14(18)9-16-7-6-11(8-13(16)17)10-2-4-12(15)5-3-10/h2-8H,9H2,1H3. The summed E-state index contributed by atoms with van der Waals surface area (Å²) in [5, 5.41) is 0. The predicted octanol–water partition coefficient (Wildman–Crippen LogP) is 2.45. The van der Waals surface area contributed by atoms with Gasteiger partial charge in [-0.25, -0.2) is 0 Å². The number of nitrogens with zero attached hydrogens (tertiary/aromatic N) is 1. The normalized spacial score (nSPS) is 10.2. The molecular formula is C14H12BrNO3. The molecule has 0 saturated heterocycles. The van der Waals surface area contributed by atoms with Gasteiger partial charge >= 0.3 is 5.97 Å². The number of benzene rings is 1. The Morgan fingerprint density at radius 3 is 2.47 bits per heavy atom. The van der Waals surface area contributed by atoms with Crippen LogP contribution in [0.1, 0.15) is 0 Å². The zero-order chi connectivity index (χ0) is 13.8. The Hall–Kier alpha value is -1.88. The number of methoxy groups -OCH3 is 1. The number of hydrogen-bond donors (Lipinski definition) is 0. The van der Waals surface area contributed by atoms with Gasteiger partial charge in [0.2, 0.25) is 0 Å². The van der Waals surface area contributed by atoms with E-state index in [-0.39, 0.29) is 12.1 Å². The fraction of sp³-hybridized carbons (Fsp3) is 0.143. The van der Waals surface area contributed by atoms with Gasteiger partial charge in [-0.15, -0.1) is 0 Å². The number of hydrogen-bond acceptors (Lipinski definition) is 3. The lowest BCUT2D eigenvalue weighted by molar-refractivity contribution is -0.141. The molecule has 2 aromatic rings. The second-order valence-electron chi connectivity index (χ2n) is 3.96. The lowest BCUT2D eigenvalue weighted by atomic mass is 10.1. The van der Waals surface area contributed by atoms with Gasteiger partial charge in [-0.3, -0.25) is 9.59 Å². The van der Waals surface area contributed by atoms with Gasteiger partial charge in [0, 0.05) is 16.7 Å². The number of rotatable bonds is 3. The van der Waals surface area contributed by atoms with E-state index < -0.39 is 5.97 Å². The van der Waals surface area contributed by atoms with Crippen LogP contribution in [0.15, 0.2) is 51.9 Å². The molecule has 1 aromatic carbocycles. The second-order valence-corrected chi connectivity index (χ2v) is 4.88. The molecule has 0 unspecified atom stereocenters. The molecule has 0 radical (unpaired) electrons. The maximum absolute atomic E-state index is 11.9. The van der Waals surface area contributed by atoms with E-state index in [0.717, 1.165) is 15.6 Å². The van der Waals surface area contributed by atoms with Crippen LogP contribution in [0.2, 0.25) is 0 Å². The summed E-state index contributed by atoms with van der Waals surface area (Å²) in [4.78, 5) is 23.0. The van der Waals surface area contributed by atoms with Crippen LogP contribution in [-0.4, -0.2) is 17.6 Å². The van der Waals surface area contributed by atoms with Crippen LogP contribution in [0.3, 0.4) is 0 Å². The summed E-state index contributed by atoms with van der Waals surface area (Å²) in [5.74, 6) is -0.446. The molecule has 98 valence electrons. The number of ether oxygens (including phenoxy) is 1. The van der Waals surface area contributed by atoms with E-state index in [1.807, 2.05) is 24.3 Å². The molecule has 5 heteroatoms. The van der Waals surface area contributed by atoms with E-state index in [1.165, 1.54) is 17.7 Å². The van der Waals surface area contributed by atoms with Crippen LogP contribution in [-0.2, 0) is 16.1 Å². The molecule has 0 spiro atoms. The summed E-state index contributed by atoms with van der Waals surface area (Å²) < 4.78 is 6.83. The molecule has 19 heavy (non-hydrogen) atoms. The second kappa shape index (κ2) is 5.84. The van der Waals surface area contributed by atoms with Crippen molar-refractivity contribution in [3.8, 4) is 11.1 Å². The molecule has 4 nitrogen and oxygen atoms in total. The van der Waals surface area contributed by atoms with Crippen LogP contribution < -0.4 is 5.56 Å². The molecule has 0 N–H and O–H groups in total. The summed E-state index contributed by atoms with van der Waals surface area (Å²) in [7, 11) is 1.30. The zero-order valence-electron chi connectivity index (χ0n) is 10.3. The third-order valence-corrected chi connectivity index (χ3v) is 3.23. The largest absolute Gasteiger partial charge is 0.468 e. The van der Waals surface area contributed by atoms with E-state index in [9.17, 15) is 9.59 Å². The number of halogens is 1. The average molecular weight is 322 g/mol.